The third kappa shape index (κ3) is 1.31. The van der Waals surface area contributed by atoms with E-state index in [9.17, 15) is 0 Å². The van der Waals surface area contributed by atoms with E-state index in [1.165, 1.54) is 18.4 Å². The second kappa shape index (κ2) is 3.05. The quantitative estimate of drug-likeness (QED) is 0.567. The zero-order valence-corrected chi connectivity index (χ0v) is 6.26. The number of hydrogen-bond acceptors (Lipinski definition) is 4. The molecule has 10 heavy (non-hydrogen) atoms. The van der Waals surface area contributed by atoms with Gasteiger partial charge in [-0.3, -0.25) is 0 Å². The van der Waals surface area contributed by atoms with Crippen LogP contribution in [0.3, 0.4) is 0 Å². The minimum absolute atomic E-state index is 0.447. The fourth-order valence-corrected chi connectivity index (χ4v) is 1.39. The molecule has 1 aromatic heterocycles. The topological polar surface area (TPSA) is 49.7 Å². The van der Waals surface area contributed by atoms with Crippen LogP contribution < -0.4 is 9.51 Å². The van der Waals surface area contributed by atoms with Gasteiger partial charge in [0.05, 0.1) is 11.9 Å². The molecule has 0 aliphatic rings. The SMILES string of the molecule is COc1ccsc1B(O)O. The standard InChI is InChI=1S/C5H7BO3S/c1-9-4-2-3-10-5(4)6(7)8/h2-3,7-8H,1H3. The van der Waals surface area contributed by atoms with Crippen LogP contribution in [0, 0.1) is 0 Å². The fourth-order valence-electron chi connectivity index (χ4n) is 0.666. The van der Waals surface area contributed by atoms with E-state index in [0.29, 0.717) is 10.5 Å². The Kier molecular flexibility index (Phi) is 2.31. The van der Waals surface area contributed by atoms with Crippen LogP contribution in [0.15, 0.2) is 11.4 Å². The van der Waals surface area contributed by atoms with Crippen molar-refractivity contribution in [3.05, 3.63) is 11.4 Å². The molecule has 0 saturated carbocycles. The summed E-state index contributed by atoms with van der Waals surface area (Å²) in [6.07, 6.45) is 0. The monoisotopic (exact) mass is 158 g/mol. The summed E-state index contributed by atoms with van der Waals surface area (Å²) in [5, 5.41) is 19.2. The van der Waals surface area contributed by atoms with Crippen molar-refractivity contribution in [3.63, 3.8) is 0 Å². The predicted octanol–water partition coefficient (Wildman–Crippen LogP) is -0.564. The van der Waals surface area contributed by atoms with E-state index in [1.807, 2.05) is 0 Å². The van der Waals surface area contributed by atoms with Gasteiger partial charge in [0.25, 0.3) is 0 Å². The van der Waals surface area contributed by atoms with Crippen LogP contribution in [0.1, 0.15) is 0 Å². The highest BCUT2D eigenvalue weighted by atomic mass is 32.1. The summed E-state index contributed by atoms with van der Waals surface area (Å²) in [6.45, 7) is 0. The van der Waals surface area contributed by atoms with Gasteiger partial charge in [0, 0.05) is 0 Å². The summed E-state index contributed by atoms with van der Waals surface area (Å²) in [7, 11) is 0.0726. The van der Waals surface area contributed by atoms with Crippen molar-refractivity contribution < 1.29 is 14.8 Å². The van der Waals surface area contributed by atoms with Gasteiger partial charge in [-0.15, -0.1) is 11.3 Å². The highest BCUT2D eigenvalue weighted by molar-refractivity contribution is 7.21. The van der Waals surface area contributed by atoms with E-state index >= 15 is 0 Å². The second-order valence-electron chi connectivity index (χ2n) is 1.73. The van der Waals surface area contributed by atoms with E-state index in [-0.39, 0.29) is 0 Å². The third-order valence-electron chi connectivity index (χ3n) is 1.11. The molecule has 0 unspecified atom stereocenters. The Morgan fingerprint density at radius 1 is 1.60 bits per heavy atom. The Hall–Kier alpha value is -0.515. The molecule has 1 heterocycles. The summed E-state index contributed by atoms with van der Waals surface area (Å²) in [6, 6.07) is 1.69. The molecule has 1 aromatic rings. The van der Waals surface area contributed by atoms with E-state index in [1.54, 1.807) is 11.4 Å². The fraction of sp³-hybridized carbons (Fsp3) is 0.200. The van der Waals surface area contributed by atoms with Gasteiger partial charge in [0.1, 0.15) is 5.75 Å². The molecule has 2 N–H and O–H groups in total. The lowest BCUT2D eigenvalue weighted by molar-refractivity contribution is 0.405. The van der Waals surface area contributed by atoms with Crippen molar-refractivity contribution in [2.45, 2.75) is 0 Å². The molecule has 0 saturated heterocycles. The summed E-state index contributed by atoms with van der Waals surface area (Å²) in [5.41, 5.74) is 0. The number of hydrogen-bond donors (Lipinski definition) is 2. The lowest BCUT2D eigenvalue weighted by Gasteiger charge is -1.98. The first-order valence-corrected chi connectivity index (χ1v) is 3.61. The molecule has 5 heteroatoms. The molecule has 0 amide bonds. The van der Waals surface area contributed by atoms with Crippen molar-refractivity contribution in [1.82, 2.24) is 0 Å². The highest BCUT2D eigenvalue weighted by Gasteiger charge is 2.17. The highest BCUT2D eigenvalue weighted by Crippen LogP contribution is 2.11. The Morgan fingerprint density at radius 3 is 2.70 bits per heavy atom. The molecular weight excluding hydrogens is 151 g/mol. The smallest absolute Gasteiger partial charge is 0.496 e. The number of methoxy groups -OCH3 is 1. The average molecular weight is 158 g/mol. The van der Waals surface area contributed by atoms with Crippen molar-refractivity contribution >= 4 is 23.2 Å². The maximum atomic E-state index is 8.71. The maximum Gasteiger partial charge on any atom is 0.502 e. The molecule has 0 radical (unpaired) electrons. The number of rotatable bonds is 2. The van der Waals surface area contributed by atoms with Crippen molar-refractivity contribution in [2.24, 2.45) is 0 Å². The van der Waals surface area contributed by atoms with Gasteiger partial charge in [-0.25, -0.2) is 0 Å². The van der Waals surface area contributed by atoms with Gasteiger partial charge in [0.2, 0.25) is 0 Å². The van der Waals surface area contributed by atoms with Crippen LogP contribution in [0.2, 0.25) is 0 Å². The van der Waals surface area contributed by atoms with E-state index < -0.39 is 7.12 Å². The molecule has 0 aliphatic carbocycles. The molecule has 54 valence electrons. The molecule has 0 spiro atoms. The largest absolute Gasteiger partial charge is 0.502 e. The van der Waals surface area contributed by atoms with Crippen LogP contribution in [-0.4, -0.2) is 24.3 Å². The zero-order chi connectivity index (χ0) is 7.56. The zero-order valence-electron chi connectivity index (χ0n) is 5.44. The molecule has 3 nitrogen and oxygen atoms in total. The van der Waals surface area contributed by atoms with Gasteiger partial charge in [0.15, 0.2) is 0 Å². The second-order valence-corrected chi connectivity index (χ2v) is 2.67. The van der Waals surface area contributed by atoms with Crippen LogP contribution in [0.25, 0.3) is 0 Å². The van der Waals surface area contributed by atoms with Gasteiger partial charge in [-0.2, -0.15) is 0 Å². The number of thiophene rings is 1. The number of ether oxygens (including phenoxy) is 1. The minimum Gasteiger partial charge on any atom is -0.496 e. The molecule has 0 aliphatic heterocycles. The third-order valence-corrected chi connectivity index (χ3v) is 2.05. The first-order chi connectivity index (χ1) is 4.75. The Balaban J connectivity index is 2.90. The Bertz CT molecular complexity index is 210. The van der Waals surface area contributed by atoms with Crippen molar-refractivity contribution in [2.75, 3.05) is 7.11 Å². The summed E-state index contributed by atoms with van der Waals surface area (Å²) in [4.78, 5) is 0. The molecular formula is C5H7BO3S. The first kappa shape index (κ1) is 7.59. The van der Waals surface area contributed by atoms with E-state index in [2.05, 4.69) is 0 Å². The lowest BCUT2D eigenvalue weighted by Crippen LogP contribution is -2.27. The predicted molar refractivity (Wildman–Crippen MR) is 40.7 cm³/mol. The van der Waals surface area contributed by atoms with Crippen molar-refractivity contribution in [1.29, 1.82) is 0 Å². The lowest BCUT2D eigenvalue weighted by atomic mass is 9.89. The van der Waals surface area contributed by atoms with Crippen LogP contribution in [0.5, 0.6) is 5.75 Å². The summed E-state index contributed by atoms with van der Waals surface area (Å²) in [5.74, 6) is 0.528. The van der Waals surface area contributed by atoms with Gasteiger partial charge >= 0.3 is 7.12 Å². The molecule has 1 rings (SSSR count). The molecule has 0 fully saturated rings. The summed E-state index contributed by atoms with van der Waals surface area (Å²) < 4.78 is 5.28. The van der Waals surface area contributed by atoms with Crippen molar-refractivity contribution in [3.8, 4) is 5.75 Å². The van der Waals surface area contributed by atoms with E-state index in [4.69, 9.17) is 14.8 Å². The molecule has 0 bridgehead atoms. The Morgan fingerprint density at radius 2 is 2.30 bits per heavy atom. The maximum absolute atomic E-state index is 8.71. The molecule has 0 aromatic carbocycles. The normalized spacial score (nSPS) is 9.50. The van der Waals surface area contributed by atoms with Gasteiger partial charge in [-0.05, 0) is 11.4 Å². The minimum atomic E-state index is -1.42. The average Bonchev–Trinajstić information content (AvgIpc) is 2.33. The summed E-state index contributed by atoms with van der Waals surface area (Å²) >= 11 is 1.26. The van der Waals surface area contributed by atoms with Gasteiger partial charge < -0.3 is 14.8 Å². The van der Waals surface area contributed by atoms with Crippen LogP contribution in [-0.2, 0) is 0 Å². The Labute approximate surface area is 63.0 Å². The van der Waals surface area contributed by atoms with E-state index in [0.717, 1.165) is 0 Å². The van der Waals surface area contributed by atoms with Gasteiger partial charge in [-0.1, -0.05) is 0 Å². The molecule has 0 atom stereocenters. The first-order valence-electron chi connectivity index (χ1n) is 2.73. The van der Waals surface area contributed by atoms with Crippen LogP contribution in [0.4, 0.5) is 0 Å². The van der Waals surface area contributed by atoms with Crippen LogP contribution >= 0.6 is 11.3 Å².